The summed E-state index contributed by atoms with van der Waals surface area (Å²) in [5, 5.41) is 8.61. The Balaban J connectivity index is 1.70. The van der Waals surface area contributed by atoms with Crippen LogP contribution in [-0.4, -0.2) is 27.6 Å². The van der Waals surface area contributed by atoms with Gasteiger partial charge >= 0.3 is 0 Å². The van der Waals surface area contributed by atoms with Gasteiger partial charge in [0.15, 0.2) is 0 Å². The molecule has 27 heavy (non-hydrogen) atoms. The predicted molar refractivity (Wildman–Crippen MR) is 109 cm³/mol. The first-order valence-electron chi connectivity index (χ1n) is 8.69. The largest absolute Gasteiger partial charge is 0.337 e. The number of nitrogens with zero attached hydrogens (tertiary/aromatic N) is 3. The van der Waals surface area contributed by atoms with Crippen LogP contribution in [0.4, 0.5) is 0 Å². The number of hydrogen-bond acceptors (Lipinski definition) is 3. The van der Waals surface area contributed by atoms with Crippen molar-refractivity contribution in [2.45, 2.75) is 6.54 Å². The number of amides is 1. The van der Waals surface area contributed by atoms with E-state index >= 15 is 0 Å². The highest BCUT2D eigenvalue weighted by Crippen LogP contribution is 2.25. The Bertz CT molecular complexity index is 1020. The molecule has 0 aliphatic rings. The van der Waals surface area contributed by atoms with Crippen molar-refractivity contribution < 1.29 is 4.79 Å². The average molecular weight is 373 g/mol. The van der Waals surface area contributed by atoms with Gasteiger partial charge in [0.05, 0.1) is 16.9 Å². The van der Waals surface area contributed by atoms with Gasteiger partial charge in [-0.15, -0.1) is 0 Å². The molecule has 0 unspecified atom stereocenters. The number of rotatable bonds is 5. The van der Waals surface area contributed by atoms with E-state index in [4.69, 9.17) is 5.10 Å². The summed E-state index contributed by atoms with van der Waals surface area (Å²) >= 11 is 1.53. The van der Waals surface area contributed by atoms with E-state index in [1.54, 1.807) is 4.90 Å². The monoisotopic (exact) mass is 373 g/mol. The fourth-order valence-electron chi connectivity index (χ4n) is 3.01. The van der Waals surface area contributed by atoms with E-state index in [-0.39, 0.29) is 5.91 Å². The zero-order valence-electron chi connectivity index (χ0n) is 14.9. The molecule has 5 heteroatoms. The maximum absolute atomic E-state index is 12.6. The van der Waals surface area contributed by atoms with Crippen LogP contribution in [0.5, 0.6) is 0 Å². The molecule has 0 radical (unpaired) electrons. The minimum Gasteiger partial charge on any atom is -0.337 e. The van der Waals surface area contributed by atoms with Crippen molar-refractivity contribution in [3.05, 3.63) is 94.8 Å². The van der Waals surface area contributed by atoms with Crippen LogP contribution in [0.15, 0.2) is 83.7 Å². The van der Waals surface area contributed by atoms with E-state index in [1.165, 1.54) is 11.3 Å². The van der Waals surface area contributed by atoms with Crippen LogP contribution >= 0.6 is 11.3 Å². The van der Waals surface area contributed by atoms with Gasteiger partial charge in [0, 0.05) is 36.3 Å². The summed E-state index contributed by atoms with van der Waals surface area (Å²) in [6.45, 7) is 0.492. The molecule has 0 bridgehead atoms. The molecule has 2 aromatic carbocycles. The predicted octanol–water partition coefficient (Wildman–Crippen LogP) is 4.87. The molecular formula is C22H19N3OS. The maximum atomic E-state index is 12.6. The summed E-state index contributed by atoms with van der Waals surface area (Å²) in [6.07, 6.45) is 2.01. The molecular weight excluding hydrogens is 354 g/mol. The Morgan fingerprint density at radius 2 is 1.74 bits per heavy atom. The van der Waals surface area contributed by atoms with Gasteiger partial charge in [0.1, 0.15) is 0 Å². The lowest BCUT2D eigenvalue weighted by atomic mass is 10.1. The Morgan fingerprint density at radius 3 is 2.41 bits per heavy atom. The van der Waals surface area contributed by atoms with Gasteiger partial charge in [-0.1, -0.05) is 48.5 Å². The van der Waals surface area contributed by atoms with Crippen molar-refractivity contribution in [3.8, 4) is 16.9 Å². The van der Waals surface area contributed by atoms with Crippen molar-refractivity contribution in [2.75, 3.05) is 7.05 Å². The summed E-state index contributed by atoms with van der Waals surface area (Å²) in [4.78, 5) is 14.4. The van der Waals surface area contributed by atoms with Crippen molar-refractivity contribution in [2.24, 2.45) is 0 Å². The molecule has 1 amide bonds. The molecule has 0 saturated heterocycles. The summed E-state index contributed by atoms with van der Waals surface area (Å²) < 4.78 is 1.88. The number of thiophene rings is 1. The number of hydrogen-bond donors (Lipinski definition) is 0. The van der Waals surface area contributed by atoms with Crippen molar-refractivity contribution in [1.82, 2.24) is 14.7 Å². The highest BCUT2D eigenvalue weighted by Gasteiger charge is 2.18. The molecule has 4 aromatic rings. The first-order valence-corrected chi connectivity index (χ1v) is 9.64. The average Bonchev–Trinajstić information content (AvgIpc) is 3.39. The molecule has 0 aliphatic heterocycles. The van der Waals surface area contributed by atoms with E-state index in [0.29, 0.717) is 6.54 Å². The second-order valence-corrected chi connectivity index (χ2v) is 7.10. The van der Waals surface area contributed by atoms with E-state index in [1.807, 2.05) is 95.4 Å². The van der Waals surface area contributed by atoms with Gasteiger partial charge in [-0.3, -0.25) is 4.79 Å². The number of benzene rings is 2. The molecule has 134 valence electrons. The van der Waals surface area contributed by atoms with E-state index in [9.17, 15) is 4.79 Å². The van der Waals surface area contributed by atoms with Gasteiger partial charge in [-0.25, -0.2) is 4.68 Å². The minimum atomic E-state index is 0.0164. The maximum Gasteiger partial charge on any atom is 0.254 e. The van der Waals surface area contributed by atoms with Gasteiger partial charge in [-0.2, -0.15) is 16.4 Å². The molecule has 4 rings (SSSR count). The highest BCUT2D eigenvalue weighted by molar-refractivity contribution is 7.08. The van der Waals surface area contributed by atoms with Gasteiger partial charge < -0.3 is 4.90 Å². The lowest BCUT2D eigenvalue weighted by Gasteiger charge is -2.16. The van der Waals surface area contributed by atoms with Crippen LogP contribution in [0.1, 0.15) is 15.9 Å². The second kappa shape index (κ2) is 7.60. The highest BCUT2D eigenvalue weighted by atomic mass is 32.1. The molecule has 2 heterocycles. The summed E-state index contributed by atoms with van der Waals surface area (Å²) in [5.74, 6) is 0.0164. The smallest absolute Gasteiger partial charge is 0.254 e. The van der Waals surface area contributed by atoms with Crippen molar-refractivity contribution in [3.63, 3.8) is 0 Å². The van der Waals surface area contributed by atoms with Crippen LogP contribution in [0.2, 0.25) is 0 Å². The topological polar surface area (TPSA) is 38.1 Å². The fraction of sp³-hybridized carbons (Fsp3) is 0.0909. The van der Waals surface area contributed by atoms with Gasteiger partial charge in [0.25, 0.3) is 5.91 Å². The van der Waals surface area contributed by atoms with E-state index in [2.05, 4.69) is 0 Å². The Morgan fingerprint density at radius 1 is 1.04 bits per heavy atom. The van der Waals surface area contributed by atoms with Crippen LogP contribution in [-0.2, 0) is 6.54 Å². The number of carbonyl (C=O) groups is 1. The third kappa shape index (κ3) is 3.68. The van der Waals surface area contributed by atoms with Gasteiger partial charge in [-0.05, 0) is 23.6 Å². The second-order valence-electron chi connectivity index (χ2n) is 6.32. The van der Waals surface area contributed by atoms with Crippen LogP contribution in [0.3, 0.4) is 0 Å². The normalized spacial score (nSPS) is 10.7. The Labute approximate surface area is 162 Å². The van der Waals surface area contributed by atoms with Crippen LogP contribution < -0.4 is 0 Å². The minimum absolute atomic E-state index is 0.0164. The zero-order valence-corrected chi connectivity index (χ0v) is 15.8. The van der Waals surface area contributed by atoms with Crippen molar-refractivity contribution >= 4 is 17.2 Å². The van der Waals surface area contributed by atoms with E-state index in [0.717, 1.165) is 28.1 Å². The SMILES string of the molecule is CN(Cc1cn(-c2ccccc2)nc1-c1ccccc1)C(=O)c1ccsc1. The Hall–Kier alpha value is -3.18. The summed E-state index contributed by atoms with van der Waals surface area (Å²) in [6, 6.07) is 21.9. The molecule has 0 fully saturated rings. The molecule has 0 aliphatic carbocycles. The van der Waals surface area contributed by atoms with Gasteiger partial charge in [0.2, 0.25) is 0 Å². The van der Waals surface area contributed by atoms with Crippen molar-refractivity contribution in [1.29, 1.82) is 0 Å². The molecule has 0 spiro atoms. The fourth-order valence-corrected chi connectivity index (χ4v) is 3.64. The zero-order chi connectivity index (χ0) is 18.6. The molecule has 0 atom stereocenters. The summed E-state index contributed by atoms with van der Waals surface area (Å²) in [5.41, 5.74) is 4.66. The molecule has 0 N–H and O–H groups in total. The lowest BCUT2D eigenvalue weighted by Crippen LogP contribution is -2.25. The first-order chi connectivity index (χ1) is 13.2. The number of aromatic nitrogens is 2. The van der Waals surface area contributed by atoms with Crippen LogP contribution in [0, 0.1) is 0 Å². The first kappa shape index (κ1) is 17.2. The standard InChI is InChI=1S/C22H19N3OS/c1-24(22(26)18-12-13-27-16-18)14-19-15-25(20-10-6-3-7-11-20)23-21(19)17-8-4-2-5-9-17/h2-13,15-16H,14H2,1H3. The molecule has 2 aromatic heterocycles. The third-order valence-corrected chi connectivity index (χ3v) is 5.06. The lowest BCUT2D eigenvalue weighted by molar-refractivity contribution is 0.0786. The molecule has 0 saturated carbocycles. The Kier molecular flexibility index (Phi) is 4.85. The van der Waals surface area contributed by atoms with E-state index < -0.39 is 0 Å². The molecule has 4 nitrogen and oxygen atoms in total. The number of para-hydroxylation sites is 1. The third-order valence-electron chi connectivity index (χ3n) is 4.38. The summed E-state index contributed by atoms with van der Waals surface area (Å²) in [7, 11) is 1.83. The van der Waals surface area contributed by atoms with Crippen LogP contribution in [0.25, 0.3) is 16.9 Å². The quantitative estimate of drug-likeness (QED) is 0.500. The number of carbonyl (C=O) groups excluding carboxylic acids is 1.